The van der Waals surface area contributed by atoms with Crippen LogP contribution in [-0.2, 0) is 4.52 Å². The van der Waals surface area contributed by atoms with Crippen molar-refractivity contribution < 1.29 is 9.42 Å². The van der Waals surface area contributed by atoms with Gasteiger partial charge >= 0.3 is 0 Å². The second kappa shape index (κ2) is 2.37. The van der Waals surface area contributed by atoms with Gasteiger partial charge in [-0.2, -0.15) is 0 Å². The Hall–Kier alpha value is 0.220. The van der Waals surface area contributed by atoms with Crippen LogP contribution in [0, 0.1) is 5.41 Å². The molecule has 2 nitrogen and oxygen atoms in total. The smallest absolute Gasteiger partial charge is 0.114 e. The number of rotatable bonds is 0. The molecule has 0 aliphatic carbocycles. The van der Waals surface area contributed by atoms with Crippen molar-refractivity contribution in [3.8, 4) is 0 Å². The molecule has 1 atom stereocenters. The third kappa shape index (κ3) is 2.12. The first-order valence-electron chi connectivity index (χ1n) is 3.51. The van der Waals surface area contributed by atoms with Gasteiger partial charge in [0.05, 0.1) is 6.61 Å². The largest absolute Gasteiger partial charge is 0.353 e. The molecule has 0 bridgehead atoms. The van der Waals surface area contributed by atoms with Crippen molar-refractivity contribution in [3.63, 3.8) is 0 Å². The van der Waals surface area contributed by atoms with Gasteiger partial charge in [-0.15, -0.1) is 0 Å². The van der Waals surface area contributed by atoms with E-state index in [2.05, 4.69) is 20.1 Å². The summed E-state index contributed by atoms with van der Waals surface area (Å²) in [4.78, 5) is 9.38. The molecule has 0 aromatic heterocycles. The maximum Gasteiger partial charge on any atom is 0.114 e. The molecule has 1 unspecified atom stereocenters. The fourth-order valence-electron chi connectivity index (χ4n) is 0.909. The first kappa shape index (κ1) is 8.32. The van der Waals surface area contributed by atoms with Gasteiger partial charge in [-0.05, 0) is 11.8 Å². The normalized spacial score (nSPS) is 39.5. The minimum Gasteiger partial charge on any atom is -0.353 e. The van der Waals surface area contributed by atoms with Gasteiger partial charge in [0, 0.05) is 6.16 Å². The Morgan fingerprint density at radius 3 is 2.50 bits per heavy atom. The highest BCUT2D eigenvalue weighted by atomic mass is 31.2. The van der Waals surface area contributed by atoms with Crippen LogP contribution in [0.1, 0.15) is 20.3 Å². The molecule has 60 valence electrons. The molecule has 0 radical (unpaired) electrons. The summed E-state index contributed by atoms with van der Waals surface area (Å²) < 4.78 is 5.24. The molecule has 0 aromatic rings. The summed E-state index contributed by atoms with van der Waals surface area (Å²) in [6.45, 7) is 4.94. The van der Waals surface area contributed by atoms with Crippen LogP contribution in [-0.4, -0.2) is 24.0 Å². The fourth-order valence-corrected chi connectivity index (χ4v) is 2.58. The van der Waals surface area contributed by atoms with Crippen molar-refractivity contribution >= 4 is 13.6 Å². The molecular formula is C7H15O2P. The SMILES string of the molecule is C=P1(O)CCC(C)(C)CO1. The van der Waals surface area contributed by atoms with E-state index in [9.17, 15) is 4.89 Å². The zero-order valence-corrected chi connectivity index (χ0v) is 7.53. The van der Waals surface area contributed by atoms with Gasteiger partial charge in [0.1, 0.15) is 7.34 Å². The minimum absolute atomic E-state index is 0.240. The zero-order valence-electron chi connectivity index (χ0n) is 6.63. The first-order valence-corrected chi connectivity index (χ1v) is 5.54. The lowest BCUT2D eigenvalue weighted by Gasteiger charge is -2.34. The van der Waals surface area contributed by atoms with Gasteiger partial charge < -0.3 is 9.42 Å². The van der Waals surface area contributed by atoms with Gasteiger partial charge in [0.2, 0.25) is 0 Å². The van der Waals surface area contributed by atoms with Gasteiger partial charge in [-0.25, -0.2) is 0 Å². The molecule has 1 saturated heterocycles. The predicted molar refractivity (Wildman–Crippen MR) is 45.5 cm³/mol. The topological polar surface area (TPSA) is 29.5 Å². The van der Waals surface area contributed by atoms with Crippen LogP contribution < -0.4 is 0 Å². The standard InChI is InChI=1S/C7H15O2P/c1-7(2)4-5-10(3,8)9-6-7/h8H,3-6H2,1-2H3. The lowest BCUT2D eigenvalue weighted by molar-refractivity contribution is 0.151. The molecule has 0 saturated carbocycles. The van der Waals surface area contributed by atoms with Crippen LogP contribution in [0.5, 0.6) is 0 Å². The summed E-state index contributed by atoms with van der Waals surface area (Å²) in [6, 6.07) is 0. The highest BCUT2D eigenvalue weighted by molar-refractivity contribution is 7.63. The van der Waals surface area contributed by atoms with Crippen LogP contribution in [0.2, 0.25) is 0 Å². The summed E-state index contributed by atoms with van der Waals surface area (Å²) in [7, 11) is -2.17. The molecule has 1 fully saturated rings. The van der Waals surface area contributed by atoms with Crippen LogP contribution in [0.25, 0.3) is 0 Å². The van der Waals surface area contributed by atoms with Gasteiger partial charge in [-0.3, -0.25) is 0 Å². The van der Waals surface area contributed by atoms with E-state index in [1.807, 2.05) is 0 Å². The minimum atomic E-state index is -2.17. The average Bonchev–Trinajstić information content (AvgIpc) is 1.79. The van der Waals surface area contributed by atoms with Gasteiger partial charge in [0.25, 0.3) is 0 Å². The van der Waals surface area contributed by atoms with Crippen molar-refractivity contribution in [1.29, 1.82) is 0 Å². The third-order valence-corrected chi connectivity index (χ3v) is 3.37. The van der Waals surface area contributed by atoms with E-state index in [0.717, 1.165) is 12.6 Å². The van der Waals surface area contributed by atoms with Crippen LogP contribution in [0.3, 0.4) is 0 Å². The average molecular weight is 162 g/mol. The van der Waals surface area contributed by atoms with E-state index < -0.39 is 7.34 Å². The highest BCUT2D eigenvalue weighted by Crippen LogP contribution is 2.49. The van der Waals surface area contributed by atoms with Crippen molar-refractivity contribution in [2.75, 3.05) is 12.8 Å². The molecule has 0 aromatic carbocycles. The zero-order chi connectivity index (χ0) is 7.83. The second-order valence-electron chi connectivity index (χ2n) is 3.76. The highest BCUT2D eigenvalue weighted by Gasteiger charge is 2.28. The molecule has 3 heteroatoms. The van der Waals surface area contributed by atoms with E-state index in [-0.39, 0.29) is 5.41 Å². The van der Waals surface area contributed by atoms with E-state index >= 15 is 0 Å². The molecule has 1 aliphatic rings. The lowest BCUT2D eigenvalue weighted by Crippen LogP contribution is -2.25. The van der Waals surface area contributed by atoms with Crippen LogP contribution >= 0.6 is 7.34 Å². The Balaban J connectivity index is 2.54. The number of hydrogen-bond donors (Lipinski definition) is 1. The van der Waals surface area contributed by atoms with Gasteiger partial charge in [0.15, 0.2) is 0 Å². The Morgan fingerprint density at radius 1 is 1.60 bits per heavy atom. The van der Waals surface area contributed by atoms with Crippen LogP contribution in [0.4, 0.5) is 0 Å². The molecule has 0 spiro atoms. The Kier molecular flexibility index (Phi) is 1.97. The first-order chi connectivity index (χ1) is 4.41. The summed E-state index contributed by atoms with van der Waals surface area (Å²) in [6.07, 6.45) is 5.42. The Bertz CT molecular complexity index is 160. The molecule has 1 heterocycles. The maximum absolute atomic E-state index is 9.38. The van der Waals surface area contributed by atoms with E-state index in [4.69, 9.17) is 4.52 Å². The van der Waals surface area contributed by atoms with Crippen molar-refractivity contribution in [1.82, 2.24) is 0 Å². The predicted octanol–water partition coefficient (Wildman–Crippen LogP) is 1.70. The van der Waals surface area contributed by atoms with Crippen molar-refractivity contribution in [3.05, 3.63) is 0 Å². The second-order valence-corrected chi connectivity index (χ2v) is 6.16. The third-order valence-electron chi connectivity index (χ3n) is 1.83. The Morgan fingerprint density at radius 2 is 2.20 bits per heavy atom. The summed E-state index contributed by atoms with van der Waals surface area (Å²) in [5.41, 5.74) is 0.240. The molecule has 10 heavy (non-hydrogen) atoms. The molecule has 1 N–H and O–H groups in total. The van der Waals surface area contributed by atoms with Crippen LogP contribution in [0.15, 0.2) is 0 Å². The quantitative estimate of drug-likeness (QED) is 0.549. The van der Waals surface area contributed by atoms with Gasteiger partial charge in [-0.1, -0.05) is 20.1 Å². The van der Waals surface area contributed by atoms with Crippen molar-refractivity contribution in [2.24, 2.45) is 5.41 Å². The molecule has 1 rings (SSSR count). The van der Waals surface area contributed by atoms with E-state index in [0.29, 0.717) is 6.61 Å². The summed E-state index contributed by atoms with van der Waals surface area (Å²) >= 11 is 0. The lowest BCUT2D eigenvalue weighted by atomic mass is 9.92. The maximum atomic E-state index is 9.38. The monoisotopic (exact) mass is 162 g/mol. The fraction of sp³-hybridized carbons (Fsp3) is 0.857. The van der Waals surface area contributed by atoms with E-state index in [1.165, 1.54) is 0 Å². The van der Waals surface area contributed by atoms with Crippen molar-refractivity contribution in [2.45, 2.75) is 20.3 Å². The number of hydrogen-bond acceptors (Lipinski definition) is 2. The molecule has 1 aliphatic heterocycles. The van der Waals surface area contributed by atoms with E-state index in [1.54, 1.807) is 0 Å². The molecular weight excluding hydrogens is 147 g/mol. The summed E-state index contributed by atoms with van der Waals surface area (Å²) in [5.74, 6) is 0. The Labute approximate surface area is 62.3 Å². The molecule has 0 amide bonds. The summed E-state index contributed by atoms with van der Waals surface area (Å²) in [5, 5.41) is 0.